The minimum atomic E-state index is -3.24. The van der Waals surface area contributed by atoms with Crippen LogP contribution in [-0.4, -0.2) is 46.1 Å². The van der Waals surface area contributed by atoms with Crippen molar-refractivity contribution in [2.45, 2.75) is 6.61 Å². The predicted octanol–water partition coefficient (Wildman–Crippen LogP) is 2.58. The Bertz CT molecular complexity index is 755. The van der Waals surface area contributed by atoms with Crippen molar-refractivity contribution in [3.05, 3.63) is 33.7 Å². The summed E-state index contributed by atoms with van der Waals surface area (Å²) in [5, 5.41) is 0. The molecule has 0 saturated carbocycles. The van der Waals surface area contributed by atoms with Crippen LogP contribution in [0.25, 0.3) is 0 Å². The molecule has 1 aliphatic heterocycles. The van der Waals surface area contributed by atoms with Crippen LogP contribution in [-0.2, 0) is 23.8 Å². The first-order valence-electron chi connectivity index (χ1n) is 6.99. The van der Waals surface area contributed by atoms with Gasteiger partial charge >= 0.3 is 18.6 Å². The number of methoxy groups -OCH3 is 2. The van der Waals surface area contributed by atoms with E-state index in [1.54, 1.807) is 0 Å². The Morgan fingerprint density at radius 1 is 1.23 bits per heavy atom. The zero-order valence-corrected chi connectivity index (χ0v) is 15.1. The molecule has 0 aromatic heterocycles. The molecule has 0 fully saturated rings. The number of hydrogen-bond donors (Lipinski definition) is 0. The molecule has 1 aromatic rings. The van der Waals surface area contributed by atoms with Crippen LogP contribution in [0.3, 0.4) is 0 Å². The second-order valence-electron chi connectivity index (χ2n) is 4.83. The van der Waals surface area contributed by atoms with Gasteiger partial charge in [-0.3, -0.25) is 0 Å². The summed E-state index contributed by atoms with van der Waals surface area (Å²) in [7, 11) is 2.18. The summed E-state index contributed by atoms with van der Waals surface area (Å²) in [6.45, 7) is -3.81. The third kappa shape index (κ3) is 4.10. The van der Waals surface area contributed by atoms with E-state index in [9.17, 15) is 22.8 Å². The van der Waals surface area contributed by atoms with Crippen molar-refractivity contribution in [2.24, 2.45) is 0 Å². The Kier molecular flexibility index (Phi) is 6.48. The van der Waals surface area contributed by atoms with Gasteiger partial charge in [0, 0.05) is 6.07 Å². The molecule has 0 aliphatic carbocycles. The monoisotopic (exact) mass is 439 g/mol. The van der Waals surface area contributed by atoms with Gasteiger partial charge in [-0.1, -0.05) is 0 Å². The van der Waals surface area contributed by atoms with Crippen LogP contribution in [0.5, 0.6) is 5.75 Å². The van der Waals surface area contributed by atoms with Crippen LogP contribution in [0.1, 0.15) is 0 Å². The average Bonchev–Trinajstić information content (AvgIpc) is 2.62. The maximum absolute atomic E-state index is 13.8. The number of halogens is 4. The first-order chi connectivity index (χ1) is 12.3. The van der Waals surface area contributed by atoms with Crippen LogP contribution in [0.4, 0.5) is 18.9 Å². The van der Waals surface area contributed by atoms with E-state index >= 15 is 0 Å². The Balaban J connectivity index is 2.66. The van der Waals surface area contributed by atoms with Gasteiger partial charge in [0.25, 0.3) is 0 Å². The van der Waals surface area contributed by atoms with Gasteiger partial charge in [0.15, 0.2) is 5.75 Å². The number of ether oxygens (including phenoxy) is 4. The van der Waals surface area contributed by atoms with Gasteiger partial charge in [-0.05, 0) is 22.0 Å². The fourth-order valence-electron chi connectivity index (χ4n) is 2.25. The van der Waals surface area contributed by atoms with Gasteiger partial charge in [0.2, 0.25) is 0 Å². The second-order valence-corrected chi connectivity index (χ2v) is 5.68. The van der Waals surface area contributed by atoms with Gasteiger partial charge in [0.05, 0.1) is 36.6 Å². The summed E-state index contributed by atoms with van der Waals surface area (Å²) in [5.74, 6) is -3.22. The zero-order chi connectivity index (χ0) is 19.4. The lowest BCUT2D eigenvalue weighted by Gasteiger charge is -2.32. The van der Waals surface area contributed by atoms with Crippen molar-refractivity contribution in [1.82, 2.24) is 0 Å². The first kappa shape index (κ1) is 20.0. The molecule has 0 bridgehead atoms. The van der Waals surface area contributed by atoms with E-state index in [0.29, 0.717) is 6.07 Å². The molecule has 2 rings (SSSR count). The summed E-state index contributed by atoms with van der Waals surface area (Å²) in [6.07, 6.45) is 0. The van der Waals surface area contributed by atoms with Crippen LogP contribution in [0.15, 0.2) is 27.9 Å². The summed E-state index contributed by atoms with van der Waals surface area (Å²) in [4.78, 5) is 25.2. The standard InChI is InChI=1S/C15H13BrF3NO6/c1-23-13(21)7-5-25-6-20(12(7)14(22)24-2)10-3-8(16)9(17)4-11(10)26-15(18)19/h3-4,15H,5-6H2,1-2H3. The summed E-state index contributed by atoms with van der Waals surface area (Å²) < 4.78 is 57.9. The number of alkyl halides is 2. The molecule has 1 aromatic carbocycles. The molecular formula is C15H13BrF3NO6. The van der Waals surface area contributed by atoms with Gasteiger partial charge in [0.1, 0.15) is 18.2 Å². The molecule has 0 saturated heterocycles. The highest BCUT2D eigenvalue weighted by atomic mass is 79.9. The number of benzene rings is 1. The zero-order valence-electron chi connectivity index (χ0n) is 13.6. The number of hydrogen-bond acceptors (Lipinski definition) is 7. The molecule has 0 radical (unpaired) electrons. The van der Waals surface area contributed by atoms with E-state index in [2.05, 4.69) is 30.1 Å². The highest BCUT2D eigenvalue weighted by Gasteiger charge is 2.34. The fourth-order valence-corrected chi connectivity index (χ4v) is 2.58. The lowest BCUT2D eigenvalue weighted by Crippen LogP contribution is -2.39. The van der Waals surface area contributed by atoms with Crippen molar-refractivity contribution in [3.63, 3.8) is 0 Å². The van der Waals surface area contributed by atoms with Crippen LogP contribution in [0, 0.1) is 5.82 Å². The minimum Gasteiger partial charge on any atom is -0.466 e. The van der Waals surface area contributed by atoms with Gasteiger partial charge in [-0.15, -0.1) is 0 Å². The minimum absolute atomic E-state index is 0.0801. The largest absolute Gasteiger partial charge is 0.466 e. The Morgan fingerprint density at radius 2 is 1.88 bits per heavy atom. The Hall–Kier alpha value is -2.27. The third-order valence-corrected chi connectivity index (χ3v) is 3.95. The van der Waals surface area contributed by atoms with E-state index in [1.807, 2.05) is 0 Å². The number of esters is 2. The van der Waals surface area contributed by atoms with E-state index < -0.39 is 30.1 Å². The molecule has 1 aliphatic rings. The molecule has 142 valence electrons. The average molecular weight is 440 g/mol. The van der Waals surface area contributed by atoms with Crippen molar-refractivity contribution in [2.75, 3.05) is 32.5 Å². The van der Waals surface area contributed by atoms with E-state index in [0.717, 1.165) is 25.2 Å². The lowest BCUT2D eigenvalue weighted by atomic mass is 10.1. The van der Waals surface area contributed by atoms with E-state index in [1.165, 1.54) is 0 Å². The Labute approximate surface area is 154 Å². The molecule has 11 heteroatoms. The summed E-state index contributed by atoms with van der Waals surface area (Å²) in [6, 6.07) is 1.83. The quantitative estimate of drug-likeness (QED) is 0.652. The fraction of sp³-hybridized carbons (Fsp3) is 0.333. The van der Waals surface area contributed by atoms with Crippen molar-refractivity contribution in [3.8, 4) is 5.75 Å². The van der Waals surface area contributed by atoms with Crippen molar-refractivity contribution >= 4 is 33.6 Å². The van der Waals surface area contributed by atoms with Crippen LogP contribution >= 0.6 is 15.9 Å². The lowest BCUT2D eigenvalue weighted by molar-refractivity contribution is -0.140. The summed E-state index contributed by atoms with van der Waals surface area (Å²) in [5.41, 5.74) is -0.614. The molecule has 1 heterocycles. The molecule has 0 atom stereocenters. The number of nitrogens with zero attached hydrogens (tertiary/aromatic N) is 1. The normalized spacial score (nSPS) is 14.5. The predicted molar refractivity (Wildman–Crippen MR) is 85.1 cm³/mol. The smallest absolute Gasteiger partial charge is 0.387 e. The van der Waals surface area contributed by atoms with Crippen LogP contribution in [0.2, 0.25) is 0 Å². The topological polar surface area (TPSA) is 74.3 Å². The van der Waals surface area contributed by atoms with Crippen molar-refractivity contribution < 1.29 is 41.7 Å². The molecule has 0 amide bonds. The van der Waals surface area contributed by atoms with Gasteiger partial charge < -0.3 is 23.8 Å². The molecule has 26 heavy (non-hydrogen) atoms. The molecule has 0 spiro atoms. The van der Waals surface area contributed by atoms with E-state index in [-0.39, 0.29) is 34.8 Å². The second kappa shape index (κ2) is 8.41. The number of rotatable bonds is 5. The van der Waals surface area contributed by atoms with Gasteiger partial charge in [-0.2, -0.15) is 8.78 Å². The summed E-state index contributed by atoms with van der Waals surface area (Å²) >= 11 is 2.94. The van der Waals surface area contributed by atoms with Gasteiger partial charge in [-0.25, -0.2) is 14.0 Å². The van der Waals surface area contributed by atoms with Crippen LogP contribution < -0.4 is 9.64 Å². The third-order valence-electron chi connectivity index (χ3n) is 3.34. The van der Waals surface area contributed by atoms with Crippen molar-refractivity contribution in [1.29, 1.82) is 0 Å². The number of carbonyl (C=O) groups is 2. The highest BCUT2D eigenvalue weighted by molar-refractivity contribution is 9.10. The van der Waals surface area contributed by atoms with E-state index in [4.69, 9.17) is 4.74 Å². The molecule has 0 unspecified atom stereocenters. The number of anilines is 1. The molecule has 7 nitrogen and oxygen atoms in total. The maximum atomic E-state index is 13.8. The SMILES string of the molecule is COC(=O)C1=C(C(=O)OC)N(c2cc(Br)c(F)cc2OC(F)F)COC1. The first-order valence-corrected chi connectivity index (χ1v) is 7.78. The number of carbonyl (C=O) groups excluding carboxylic acids is 2. The maximum Gasteiger partial charge on any atom is 0.387 e. The molecular weight excluding hydrogens is 427 g/mol. The highest BCUT2D eigenvalue weighted by Crippen LogP contribution is 2.38. The molecule has 0 N–H and O–H groups in total. The Morgan fingerprint density at radius 3 is 2.46 bits per heavy atom.